The molecule has 0 spiro atoms. The monoisotopic (exact) mass is 377 g/mol. The van der Waals surface area contributed by atoms with E-state index in [1.54, 1.807) is 0 Å². The van der Waals surface area contributed by atoms with Crippen molar-refractivity contribution in [3.63, 3.8) is 0 Å². The number of fused-ring (bicyclic) bond motifs is 1. The molecule has 2 atom stereocenters. The molecule has 1 aliphatic heterocycles. The molecule has 1 aliphatic carbocycles. The number of aromatic nitrogens is 2. The van der Waals surface area contributed by atoms with Crippen molar-refractivity contribution in [2.45, 2.75) is 37.8 Å². The highest BCUT2D eigenvalue weighted by atomic mass is 79.9. The first-order valence-electron chi connectivity index (χ1n) is 8.60. The third-order valence-electron chi connectivity index (χ3n) is 5.39. The number of rotatable bonds is 2. The van der Waals surface area contributed by atoms with Gasteiger partial charge in [-0.1, -0.05) is 12.8 Å². The lowest BCUT2D eigenvalue weighted by Gasteiger charge is -2.44. The van der Waals surface area contributed by atoms with Crippen LogP contribution in [0, 0.1) is 0 Å². The van der Waals surface area contributed by atoms with Gasteiger partial charge < -0.3 is 15.6 Å². The number of hydrogen-bond acceptors (Lipinski definition) is 4. The van der Waals surface area contributed by atoms with E-state index in [9.17, 15) is 0 Å². The Labute approximate surface area is 145 Å². The highest BCUT2D eigenvalue weighted by Gasteiger charge is 2.30. The average molecular weight is 378 g/mol. The highest BCUT2D eigenvalue weighted by molar-refractivity contribution is 9.10. The highest BCUT2D eigenvalue weighted by Crippen LogP contribution is 2.34. The fourth-order valence-corrected chi connectivity index (χ4v) is 4.73. The third-order valence-corrected chi connectivity index (χ3v) is 5.97. The van der Waals surface area contributed by atoms with E-state index in [1.807, 2.05) is 12.4 Å². The van der Waals surface area contributed by atoms with E-state index >= 15 is 0 Å². The molecule has 2 aromatic heterocycles. The molecule has 0 radical (unpaired) electrons. The Balaban J connectivity index is 1.50. The molecule has 5 nitrogen and oxygen atoms in total. The number of H-pyrrole nitrogens is 1. The smallest absolute Gasteiger partial charge is 0.139 e. The number of anilines is 1. The van der Waals surface area contributed by atoms with Crippen LogP contribution in [0.5, 0.6) is 0 Å². The molecule has 4 rings (SSSR count). The average Bonchev–Trinajstić information content (AvgIpc) is 3.04. The maximum absolute atomic E-state index is 6.37. The van der Waals surface area contributed by atoms with Crippen LogP contribution in [-0.4, -0.2) is 53.1 Å². The quantitative estimate of drug-likeness (QED) is 0.844. The second-order valence-electron chi connectivity index (χ2n) is 6.73. The topological polar surface area (TPSA) is 61.2 Å². The van der Waals surface area contributed by atoms with Gasteiger partial charge in [0, 0.05) is 56.0 Å². The van der Waals surface area contributed by atoms with Gasteiger partial charge in [-0.3, -0.25) is 4.90 Å². The molecule has 0 aromatic carbocycles. The second kappa shape index (κ2) is 6.42. The first-order valence-corrected chi connectivity index (χ1v) is 9.39. The maximum Gasteiger partial charge on any atom is 0.139 e. The summed E-state index contributed by atoms with van der Waals surface area (Å²) in [6.45, 7) is 4.29. The molecule has 6 heteroatoms. The van der Waals surface area contributed by atoms with Gasteiger partial charge in [0.15, 0.2) is 0 Å². The summed E-state index contributed by atoms with van der Waals surface area (Å²) in [5, 5.41) is 1.20. The van der Waals surface area contributed by atoms with Gasteiger partial charge in [-0.25, -0.2) is 4.98 Å². The molecule has 2 aromatic rings. The molecule has 1 unspecified atom stereocenters. The van der Waals surface area contributed by atoms with E-state index in [0.717, 1.165) is 36.3 Å². The van der Waals surface area contributed by atoms with Crippen LogP contribution in [0.25, 0.3) is 11.0 Å². The molecule has 0 amide bonds. The van der Waals surface area contributed by atoms with Crippen molar-refractivity contribution in [2.24, 2.45) is 5.73 Å². The Hall–Kier alpha value is -1.11. The fraction of sp³-hybridized carbons (Fsp3) is 0.588. The zero-order valence-electron chi connectivity index (χ0n) is 13.3. The van der Waals surface area contributed by atoms with E-state index in [2.05, 4.69) is 41.8 Å². The zero-order valence-corrected chi connectivity index (χ0v) is 14.9. The van der Waals surface area contributed by atoms with Gasteiger partial charge in [0.1, 0.15) is 5.65 Å². The zero-order chi connectivity index (χ0) is 15.8. The Morgan fingerprint density at radius 3 is 2.74 bits per heavy atom. The molecule has 1 saturated carbocycles. The van der Waals surface area contributed by atoms with Gasteiger partial charge in [0.25, 0.3) is 0 Å². The fourth-order valence-electron chi connectivity index (χ4n) is 4.16. The van der Waals surface area contributed by atoms with Gasteiger partial charge in [-0.2, -0.15) is 0 Å². The summed E-state index contributed by atoms with van der Waals surface area (Å²) in [6.07, 6.45) is 8.95. The molecule has 23 heavy (non-hydrogen) atoms. The number of hydrogen-bond donors (Lipinski definition) is 2. The Morgan fingerprint density at radius 1 is 1.17 bits per heavy atom. The minimum absolute atomic E-state index is 0.361. The Bertz CT molecular complexity index is 677. The summed E-state index contributed by atoms with van der Waals surface area (Å²) in [5.41, 5.74) is 8.59. The largest absolute Gasteiger partial charge is 0.367 e. The molecule has 3 heterocycles. The second-order valence-corrected chi connectivity index (χ2v) is 7.59. The lowest BCUT2D eigenvalue weighted by atomic mass is 9.89. The standard InChI is InChI=1S/C17H24BrN5/c18-13-11-21-17-12(5-6-20-17)16(13)23-9-7-22(8-10-23)15-4-2-1-3-14(15)19/h5-6,11,14-15H,1-4,7-10,19H2,(H,20,21)/t14?,15-/m1/s1. The van der Waals surface area contributed by atoms with E-state index < -0.39 is 0 Å². The van der Waals surface area contributed by atoms with Crippen molar-refractivity contribution in [3.8, 4) is 0 Å². The number of nitrogens with zero attached hydrogens (tertiary/aromatic N) is 3. The van der Waals surface area contributed by atoms with Gasteiger partial charge in [-0.05, 0) is 34.8 Å². The van der Waals surface area contributed by atoms with Gasteiger partial charge in [0.2, 0.25) is 0 Å². The summed E-state index contributed by atoms with van der Waals surface area (Å²) in [5.74, 6) is 0. The summed E-state index contributed by atoms with van der Waals surface area (Å²) in [4.78, 5) is 12.7. The van der Waals surface area contributed by atoms with Crippen LogP contribution >= 0.6 is 15.9 Å². The van der Waals surface area contributed by atoms with E-state index in [-0.39, 0.29) is 0 Å². The molecule has 0 bridgehead atoms. The number of pyridine rings is 1. The normalized spacial score (nSPS) is 26.8. The first kappa shape index (κ1) is 15.4. The summed E-state index contributed by atoms with van der Waals surface area (Å²) < 4.78 is 1.08. The van der Waals surface area contributed by atoms with Crippen molar-refractivity contribution < 1.29 is 0 Å². The Morgan fingerprint density at radius 2 is 1.96 bits per heavy atom. The number of nitrogens with one attached hydrogen (secondary N) is 1. The van der Waals surface area contributed by atoms with Crippen LogP contribution in [0.2, 0.25) is 0 Å². The van der Waals surface area contributed by atoms with Crippen LogP contribution < -0.4 is 10.6 Å². The minimum atomic E-state index is 0.361. The lowest BCUT2D eigenvalue weighted by Crippen LogP contribution is -2.56. The lowest BCUT2D eigenvalue weighted by molar-refractivity contribution is 0.130. The molecule has 1 saturated heterocycles. The molecular formula is C17H24BrN5. The predicted molar refractivity (Wildman–Crippen MR) is 97.8 cm³/mol. The van der Waals surface area contributed by atoms with Crippen molar-refractivity contribution in [1.82, 2.24) is 14.9 Å². The van der Waals surface area contributed by atoms with Crippen molar-refractivity contribution in [1.29, 1.82) is 0 Å². The molecule has 2 aliphatic rings. The number of nitrogens with two attached hydrogens (primary N) is 1. The van der Waals surface area contributed by atoms with Crippen LogP contribution in [0.1, 0.15) is 25.7 Å². The number of aromatic amines is 1. The van der Waals surface area contributed by atoms with Gasteiger partial charge in [-0.15, -0.1) is 0 Å². The molecule has 2 fully saturated rings. The van der Waals surface area contributed by atoms with E-state index in [4.69, 9.17) is 5.73 Å². The van der Waals surface area contributed by atoms with Crippen molar-refractivity contribution >= 4 is 32.7 Å². The van der Waals surface area contributed by atoms with Crippen LogP contribution in [0.15, 0.2) is 22.9 Å². The maximum atomic E-state index is 6.37. The summed E-state index contributed by atoms with van der Waals surface area (Å²) in [7, 11) is 0. The van der Waals surface area contributed by atoms with Crippen LogP contribution in [0.3, 0.4) is 0 Å². The van der Waals surface area contributed by atoms with Crippen LogP contribution in [0.4, 0.5) is 5.69 Å². The first-order chi connectivity index (χ1) is 11.2. The van der Waals surface area contributed by atoms with Gasteiger partial charge in [0.05, 0.1) is 10.2 Å². The van der Waals surface area contributed by atoms with E-state index in [1.165, 1.54) is 36.8 Å². The third kappa shape index (κ3) is 2.88. The molecule has 124 valence electrons. The SMILES string of the molecule is NC1CCCC[C@H]1N1CCN(c2c(Br)cnc3[nH]ccc23)CC1. The van der Waals surface area contributed by atoms with Crippen molar-refractivity contribution in [3.05, 3.63) is 22.9 Å². The minimum Gasteiger partial charge on any atom is -0.367 e. The molecular weight excluding hydrogens is 354 g/mol. The number of halogens is 1. The Kier molecular flexibility index (Phi) is 4.30. The number of piperazine rings is 1. The van der Waals surface area contributed by atoms with E-state index in [0.29, 0.717) is 12.1 Å². The van der Waals surface area contributed by atoms with Crippen molar-refractivity contribution in [2.75, 3.05) is 31.1 Å². The van der Waals surface area contributed by atoms with Gasteiger partial charge >= 0.3 is 0 Å². The summed E-state index contributed by atoms with van der Waals surface area (Å²) >= 11 is 3.69. The predicted octanol–water partition coefficient (Wildman–Crippen LogP) is 2.72. The summed E-state index contributed by atoms with van der Waals surface area (Å²) in [6, 6.07) is 3.06. The van der Waals surface area contributed by atoms with Crippen LogP contribution in [-0.2, 0) is 0 Å². The molecule has 3 N–H and O–H groups in total.